The van der Waals surface area contributed by atoms with Crippen LogP contribution in [0.1, 0.15) is 51.1 Å². The molecule has 1 aliphatic carbocycles. The molecule has 1 saturated carbocycles. The normalized spacial score (nSPS) is 17.1. The van der Waals surface area contributed by atoms with Crippen LogP contribution >= 0.6 is 0 Å². The van der Waals surface area contributed by atoms with E-state index in [1.54, 1.807) is 35.2 Å². The highest BCUT2D eigenvalue weighted by molar-refractivity contribution is 5.91. The van der Waals surface area contributed by atoms with Gasteiger partial charge in [0.2, 0.25) is 5.95 Å². The van der Waals surface area contributed by atoms with Crippen molar-refractivity contribution in [2.75, 3.05) is 16.8 Å². The van der Waals surface area contributed by atoms with Crippen LogP contribution in [0.4, 0.5) is 38.5 Å². The molecule has 12 nitrogen and oxygen atoms in total. The van der Waals surface area contributed by atoms with E-state index < -0.39 is 24.0 Å². The van der Waals surface area contributed by atoms with E-state index in [1.165, 1.54) is 0 Å². The molecule has 1 aliphatic rings. The lowest BCUT2D eigenvalue weighted by Gasteiger charge is -2.36. The molecule has 234 valence electrons. The first kappa shape index (κ1) is 30.7. The largest absolute Gasteiger partial charge is 0.420 e. The maximum absolute atomic E-state index is 13.7. The van der Waals surface area contributed by atoms with Crippen LogP contribution in [0, 0.1) is 0 Å². The zero-order valence-electron chi connectivity index (χ0n) is 23.8. The highest BCUT2D eigenvalue weighted by atomic mass is 19.4. The third-order valence-electron chi connectivity index (χ3n) is 7.17. The van der Waals surface area contributed by atoms with Gasteiger partial charge < -0.3 is 10.6 Å². The first-order valence-electron chi connectivity index (χ1n) is 14.0. The van der Waals surface area contributed by atoms with Gasteiger partial charge in [-0.05, 0) is 38.2 Å². The molecule has 5 rings (SSSR count). The predicted molar refractivity (Wildman–Crippen MR) is 150 cm³/mol. The summed E-state index contributed by atoms with van der Waals surface area (Å²) in [6.07, 6.45) is 6.24. The van der Waals surface area contributed by atoms with E-state index in [0.717, 1.165) is 24.2 Å². The fourth-order valence-electron chi connectivity index (χ4n) is 5.01. The average Bonchev–Trinajstić information content (AvgIpc) is 3.67. The molecule has 1 fully saturated rings. The molecule has 0 aliphatic heterocycles. The van der Waals surface area contributed by atoms with Crippen LogP contribution in [-0.2, 0) is 13.2 Å². The van der Waals surface area contributed by atoms with Crippen molar-refractivity contribution in [3.05, 3.63) is 48.8 Å². The summed E-state index contributed by atoms with van der Waals surface area (Å²) in [5, 5.41) is 13.7. The Labute approximate surface area is 248 Å². The molecule has 2 amide bonds. The monoisotopic (exact) mass is 619 g/mol. The van der Waals surface area contributed by atoms with Gasteiger partial charge in [0.25, 0.3) is 0 Å². The maximum Gasteiger partial charge on any atom is 0.420 e. The number of rotatable bonds is 9. The number of alkyl halides is 5. The van der Waals surface area contributed by atoms with E-state index in [-0.39, 0.29) is 34.4 Å². The summed E-state index contributed by atoms with van der Waals surface area (Å²) in [4.78, 5) is 31.7. The summed E-state index contributed by atoms with van der Waals surface area (Å²) in [5.74, 6) is 0.305. The first-order chi connectivity index (χ1) is 21.0. The minimum absolute atomic E-state index is 0.0857. The standard InChI is InChI=1S/C27H30F5N11O/c1-3-9-33-26(44)43(22-14-34-21(13-35-22)16-11-37-41(2)15-16)18-6-4-17(5-7-18)38-25-36-12-19(27(30,31)32)23(39-25)20-8-10-42(40-20)24(28)29/h8,10-15,17-18,24H,3-7,9H2,1-2H3,(H,33,44)(H,36,38,39)/t17-,18-. The average molecular weight is 620 g/mol. The molecule has 2 N–H and O–H groups in total. The number of hydrogen-bond acceptors (Lipinski definition) is 8. The number of nitrogens with one attached hydrogen (secondary N) is 2. The fourth-order valence-corrected chi connectivity index (χ4v) is 5.01. The molecule has 0 unspecified atom stereocenters. The molecule has 0 radical (unpaired) electrons. The minimum Gasteiger partial charge on any atom is -0.351 e. The second-order valence-corrected chi connectivity index (χ2v) is 10.3. The van der Waals surface area contributed by atoms with Crippen molar-refractivity contribution < 1.29 is 26.7 Å². The number of aromatic nitrogens is 8. The van der Waals surface area contributed by atoms with E-state index in [9.17, 15) is 26.7 Å². The van der Waals surface area contributed by atoms with Crippen molar-refractivity contribution in [3.63, 3.8) is 0 Å². The Hall–Kier alpha value is -4.70. The Balaban J connectivity index is 1.30. The van der Waals surface area contributed by atoms with Gasteiger partial charge in [0.05, 0.1) is 24.3 Å². The lowest BCUT2D eigenvalue weighted by molar-refractivity contribution is -0.137. The van der Waals surface area contributed by atoms with Gasteiger partial charge in [-0.2, -0.15) is 32.1 Å². The highest BCUT2D eigenvalue weighted by Crippen LogP contribution is 2.36. The summed E-state index contributed by atoms with van der Waals surface area (Å²) < 4.78 is 68.9. The molecule has 0 atom stereocenters. The Morgan fingerprint density at radius 2 is 1.84 bits per heavy atom. The van der Waals surface area contributed by atoms with Gasteiger partial charge in [-0.3, -0.25) is 14.6 Å². The number of amides is 2. The summed E-state index contributed by atoms with van der Waals surface area (Å²) in [6.45, 7) is -0.582. The van der Waals surface area contributed by atoms with E-state index in [1.807, 2.05) is 13.1 Å². The summed E-state index contributed by atoms with van der Waals surface area (Å²) in [7, 11) is 1.80. The van der Waals surface area contributed by atoms with Crippen molar-refractivity contribution in [1.82, 2.24) is 44.8 Å². The highest BCUT2D eigenvalue weighted by Gasteiger charge is 2.37. The molecule has 0 aromatic carbocycles. The van der Waals surface area contributed by atoms with Crippen molar-refractivity contribution in [2.45, 2.75) is 63.8 Å². The molecule has 4 aromatic heterocycles. The van der Waals surface area contributed by atoms with Crippen molar-refractivity contribution in [1.29, 1.82) is 0 Å². The second kappa shape index (κ2) is 12.9. The molecule has 0 bridgehead atoms. The maximum atomic E-state index is 13.7. The predicted octanol–water partition coefficient (Wildman–Crippen LogP) is 5.29. The summed E-state index contributed by atoms with van der Waals surface area (Å²) >= 11 is 0. The number of carbonyl (C=O) groups excluding carboxylic acids is 1. The molecule has 44 heavy (non-hydrogen) atoms. The smallest absolute Gasteiger partial charge is 0.351 e. The molecular weight excluding hydrogens is 589 g/mol. The minimum atomic E-state index is -4.82. The Bertz CT molecular complexity index is 1560. The Kier molecular flexibility index (Phi) is 9.01. The number of hydrogen-bond donors (Lipinski definition) is 2. The van der Waals surface area contributed by atoms with Crippen LogP contribution < -0.4 is 15.5 Å². The van der Waals surface area contributed by atoms with E-state index in [4.69, 9.17) is 0 Å². The number of nitrogens with zero attached hydrogens (tertiary/aromatic N) is 9. The SMILES string of the molecule is CCCNC(=O)N(c1cnc(-c2cnn(C)c2)cn1)[C@H]1CC[C@H](Nc2ncc(C(F)(F)F)c(-c3ccn(C(F)F)n3)n2)CC1. The van der Waals surface area contributed by atoms with Crippen LogP contribution in [0.2, 0.25) is 0 Å². The molecule has 4 heterocycles. The van der Waals surface area contributed by atoms with Gasteiger partial charge in [-0.1, -0.05) is 6.92 Å². The first-order valence-corrected chi connectivity index (χ1v) is 14.0. The van der Waals surface area contributed by atoms with Crippen molar-refractivity contribution in [2.24, 2.45) is 7.05 Å². The molecule has 17 heteroatoms. The van der Waals surface area contributed by atoms with Gasteiger partial charge in [-0.25, -0.2) is 24.4 Å². The quantitative estimate of drug-likeness (QED) is 0.242. The van der Waals surface area contributed by atoms with Crippen molar-refractivity contribution in [3.8, 4) is 22.6 Å². The van der Waals surface area contributed by atoms with Crippen LogP contribution in [-0.4, -0.2) is 64.2 Å². The fraction of sp³-hybridized carbons (Fsp3) is 0.444. The number of anilines is 2. The third-order valence-corrected chi connectivity index (χ3v) is 7.17. The third kappa shape index (κ3) is 6.92. The Morgan fingerprint density at radius 3 is 2.43 bits per heavy atom. The van der Waals surface area contributed by atoms with Gasteiger partial charge in [0.1, 0.15) is 17.0 Å². The van der Waals surface area contributed by atoms with Gasteiger partial charge in [-0.15, -0.1) is 0 Å². The Morgan fingerprint density at radius 1 is 1.07 bits per heavy atom. The van der Waals surface area contributed by atoms with E-state index in [0.29, 0.717) is 49.9 Å². The second-order valence-electron chi connectivity index (χ2n) is 10.3. The van der Waals surface area contributed by atoms with Crippen LogP contribution in [0.15, 0.2) is 43.2 Å². The van der Waals surface area contributed by atoms with Crippen LogP contribution in [0.3, 0.4) is 0 Å². The molecule has 0 saturated heterocycles. The summed E-state index contributed by atoms with van der Waals surface area (Å²) in [5.41, 5.74) is -0.737. The van der Waals surface area contributed by atoms with Gasteiger partial charge >= 0.3 is 18.8 Å². The number of halogens is 5. The van der Waals surface area contributed by atoms with Crippen molar-refractivity contribution >= 4 is 17.8 Å². The molecule has 4 aromatic rings. The van der Waals surface area contributed by atoms with Crippen LogP contribution in [0.5, 0.6) is 0 Å². The summed E-state index contributed by atoms with van der Waals surface area (Å²) in [6, 6.07) is 0.314. The number of urea groups is 1. The zero-order chi connectivity index (χ0) is 31.4. The number of aryl methyl sites for hydroxylation is 1. The molecular formula is C27H30F5N11O. The topological polar surface area (TPSA) is 132 Å². The lowest BCUT2D eigenvalue weighted by Crippen LogP contribution is -2.49. The van der Waals surface area contributed by atoms with E-state index in [2.05, 4.69) is 40.8 Å². The van der Waals surface area contributed by atoms with Gasteiger partial charge in [0, 0.05) is 49.8 Å². The number of carbonyl (C=O) groups is 1. The zero-order valence-corrected chi connectivity index (χ0v) is 23.8. The van der Waals surface area contributed by atoms with E-state index >= 15 is 0 Å². The van der Waals surface area contributed by atoms with Gasteiger partial charge in [0.15, 0.2) is 5.82 Å². The molecule has 0 spiro atoms. The van der Waals surface area contributed by atoms with Crippen LogP contribution in [0.25, 0.3) is 22.6 Å². The lowest BCUT2D eigenvalue weighted by atomic mass is 9.90.